The van der Waals surface area contributed by atoms with Crippen LogP contribution in [0.1, 0.15) is 34.8 Å². The Balaban J connectivity index is 1.83. The lowest BCUT2D eigenvalue weighted by atomic mass is 10.1. The van der Waals surface area contributed by atoms with Gasteiger partial charge in [-0.1, -0.05) is 11.2 Å². The number of nitrogens with one attached hydrogen (secondary N) is 1. The minimum absolute atomic E-state index is 0.185. The highest BCUT2D eigenvalue weighted by molar-refractivity contribution is 5.98. The van der Waals surface area contributed by atoms with Crippen molar-refractivity contribution in [2.24, 2.45) is 0 Å². The van der Waals surface area contributed by atoms with Gasteiger partial charge in [-0.3, -0.25) is 9.78 Å². The number of fused-ring (bicyclic) bond motifs is 1. The lowest BCUT2D eigenvalue weighted by molar-refractivity contribution is 0.0938. The third kappa shape index (κ3) is 2.74. The number of pyridine rings is 1. The molecule has 3 aromatic rings. The standard InChI is InChI=1S/C15H14N4O2/c1-9-3-4-11-7-12(5-6-13(11)17-9)15(20)18-10(2)14-16-8-21-19-14/h3-8,10H,1-2H3,(H,18,20)/t10-/m1/s1. The van der Waals surface area contributed by atoms with Crippen LogP contribution in [-0.2, 0) is 0 Å². The van der Waals surface area contributed by atoms with Crippen molar-refractivity contribution in [3.63, 3.8) is 0 Å². The number of carbonyl (C=O) groups is 1. The second-order valence-electron chi connectivity index (χ2n) is 4.84. The van der Waals surface area contributed by atoms with Crippen molar-refractivity contribution in [3.8, 4) is 0 Å². The third-order valence-corrected chi connectivity index (χ3v) is 3.20. The van der Waals surface area contributed by atoms with Crippen molar-refractivity contribution in [3.05, 3.63) is 53.8 Å². The highest BCUT2D eigenvalue weighted by Crippen LogP contribution is 2.16. The fraction of sp³-hybridized carbons (Fsp3) is 0.200. The molecule has 0 unspecified atom stereocenters. The maximum atomic E-state index is 12.2. The van der Waals surface area contributed by atoms with E-state index in [1.807, 2.05) is 31.2 Å². The number of hydrogen-bond donors (Lipinski definition) is 1. The Morgan fingerprint density at radius 2 is 2.14 bits per heavy atom. The summed E-state index contributed by atoms with van der Waals surface area (Å²) in [5.41, 5.74) is 2.40. The summed E-state index contributed by atoms with van der Waals surface area (Å²) in [5, 5.41) is 7.47. The van der Waals surface area contributed by atoms with E-state index in [0.717, 1.165) is 16.6 Å². The molecule has 0 radical (unpaired) electrons. The van der Waals surface area contributed by atoms with E-state index >= 15 is 0 Å². The van der Waals surface area contributed by atoms with E-state index < -0.39 is 0 Å². The van der Waals surface area contributed by atoms with E-state index in [9.17, 15) is 4.79 Å². The van der Waals surface area contributed by atoms with Gasteiger partial charge in [0.2, 0.25) is 6.39 Å². The van der Waals surface area contributed by atoms with Gasteiger partial charge in [0.05, 0.1) is 11.6 Å². The molecule has 6 nitrogen and oxygen atoms in total. The van der Waals surface area contributed by atoms with Gasteiger partial charge in [0, 0.05) is 16.6 Å². The van der Waals surface area contributed by atoms with Crippen LogP contribution in [0.2, 0.25) is 0 Å². The lowest BCUT2D eigenvalue weighted by Crippen LogP contribution is -2.27. The lowest BCUT2D eigenvalue weighted by Gasteiger charge is -2.10. The Bertz CT molecular complexity index is 783. The molecule has 1 amide bonds. The summed E-state index contributed by atoms with van der Waals surface area (Å²) in [6.07, 6.45) is 1.24. The van der Waals surface area contributed by atoms with E-state index in [-0.39, 0.29) is 11.9 Å². The van der Waals surface area contributed by atoms with Crippen molar-refractivity contribution in [1.82, 2.24) is 20.4 Å². The minimum Gasteiger partial charge on any atom is -0.343 e. The summed E-state index contributed by atoms with van der Waals surface area (Å²) in [6, 6.07) is 8.98. The Hall–Kier alpha value is -2.76. The largest absolute Gasteiger partial charge is 0.343 e. The van der Waals surface area contributed by atoms with Crippen LogP contribution in [0.4, 0.5) is 0 Å². The molecule has 0 saturated carbocycles. The van der Waals surface area contributed by atoms with Crippen LogP contribution in [0.5, 0.6) is 0 Å². The van der Waals surface area contributed by atoms with E-state index in [1.54, 1.807) is 13.0 Å². The van der Waals surface area contributed by atoms with Crippen LogP contribution < -0.4 is 5.32 Å². The summed E-state index contributed by atoms with van der Waals surface area (Å²) in [4.78, 5) is 20.6. The normalized spacial score (nSPS) is 12.3. The highest BCUT2D eigenvalue weighted by atomic mass is 16.5. The van der Waals surface area contributed by atoms with Crippen LogP contribution in [-0.4, -0.2) is 21.0 Å². The Morgan fingerprint density at radius 1 is 1.29 bits per heavy atom. The maximum absolute atomic E-state index is 12.2. The van der Waals surface area contributed by atoms with Crippen LogP contribution in [0.25, 0.3) is 10.9 Å². The van der Waals surface area contributed by atoms with Crippen molar-refractivity contribution in [2.75, 3.05) is 0 Å². The second kappa shape index (κ2) is 5.32. The number of aryl methyl sites for hydroxylation is 1. The second-order valence-corrected chi connectivity index (χ2v) is 4.84. The predicted molar refractivity (Wildman–Crippen MR) is 76.7 cm³/mol. The van der Waals surface area contributed by atoms with Gasteiger partial charge in [-0.25, -0.2) is 0 Å². The van der Waals surface area contributed by atoms with Crippen LogP contribution in [0.3, 0.4) is 0 Å². The van der Waals surface area contributed by atoms with Gasteiger partial charge in [0.15, 0.2) is 5.82 Å². The van der Waals surface area contributed by atoms with Gasteiger partial charge in [0.1, 0.15) is 0 Å². The molecule has 0 aliphatic rings. The molecule has 2 heterocycles. The summed E-state index contributed by atoms with van der Waals surface area (Å²) >= 11 is 0. The fourth-order valence-electron chi connectivity index (χ4n) is 2.08. The van der Waals surface area contributed by atoms with Crippen molar-refractivity contribution in [1.29, 1.82) is 0 Å². The first-order valence-corrected chi connectivity index (χ1v) is 6.58. The zero-order valence-corrected chi connectivity index (χ0v) is 11.7. The van der Waals surface area contributed by atoms with E-state index in [0.29, 0.717) is 11.4 Å². The zero-order chi connectivity index (χ0) is 14.8. The Morgan fingerprint density at radius 3 is 2.90 bits per heavy atom. The molecule has 1 aromatic carbocycles. The number of hydrogen-bond acceptors (Lipinski definition) is 5. The molecule has 0 saturated heterocycles. The number of nitrogens with zero attached hydrogens (tertiary/aromatic N) is 3. The van der Waals surface area contributed by atoms with Gasteiger partial charge in [0.25, 0.3) is 5.91 Å². The number of rotatable bonds is 3. The molecule has 1 atom stereocenters. The third-order valence-electron chi connectivity index (χ3n) is 3.20. The van der Waals surface area contributed by atoms with Gasteiger partial charge in [-0.2, -0.15) is 4.98 Å². The summed E-state index contributed by atoms with van der Waals surface area (Å²) < 4.78 is 4.67. The molecule has 0 bridgehead atoms. The van der Waals surface area contributed by atoms with E-state index in [1.165, 1.54) is 6.39 Å². The van der Waals surface area contributed by atoms with E-state index in [4.69, 9.17) is 0 Å². The SMILES string of the molecule is Cc1ccc2cc(C(=O)N[C@H](C)c3ncon3)ccc2n1. The maximum Gasteiger partial charge on any atom is 0.251 e. The first-order valence-electron chi connectivity index (χ1n) is 6.58. The van der Waals surface area contributed by atoms with Gasteiger partial charge >= 0.3 is 0 Å². The number of benzene rings is 1. The van der Waals surface area contributed by atoms with Crippen molar-refractivity contribution < 1.29 is 9.32 Å². The quantitative estimate of drug-likeness (QED) is 0.797. The molecule has 0 spiro atoms. The molecule has 0 fully saturated rings. The average molecular weight is 282 g/mol. The Kier molecular flexibility index (Phi) is 3.35. The minimum atomic E-state index is -0.317. The number of carbonyl (C=O) groups excluding carboxylic acids is 1. The monoisotopic (exact) mass is 282 g/mol. The Labute approximate surface area is 121 Å². The van der Waals surface area contributed by atoms with Gasteiger partial charge in [-0.05, 0) is 38.1 Å². The number of amides is 1. The van der Waals surface area contributed by atoms with Crippen LogP contribution in [0, 0.1) is 6.92 Å². The molecule has 2 aromatic heterocycles. The smallest absolute Gasteiger partial charge is 0.251 e. The summed E-state index contributed by atoms with van der Waals surface area (Å²) in [6.45, 7) is 3.74. The predicted octanol–water partition coefficient (Wildman–Crippen LogP) is 2.42. The van der Waals surface area contributed by atoms with Crippen LogP contribution >= 0.6 is 0 Å². The molecule has 1 N–H and O–H groups in total. The van der Waals surface area contributed by atoms with Gasteiger partial charge < -0.3 is 9.84 Å². The average Bonchev–Trinajstić information content (AvgIpc) is 3.01. The van der Waals surface area contributed by atoms with Gasteiger partial charge in [-0.15, -0.1) is 0 Å². The summed E-state index contributed by atoms with van der Waals surface area (Å²) in [7, 11) is 0. The topological polar surface area (TPSA) is 80.9 Å². The molecular weight excluding hydrogens is 268 g/mol. The van der Waals surface area contributed by atoms with Crippen LogP contribution in [0.15, 0.2) is 41.2 Å². The fourth-order valence-corrected chi connectivity index (χ4v) is 2.08. The molecule has 106 valence electrons. The molecule has 3 rings (SSSR count). The van der Waals surface area contributed by atoms with Crippen molar-refractivity contribution >= 4 is 16.8 Å². The molecule has 21 heavy (non-hydrogen) atoms. The first-order chi connectivity index (χ1) is 10.1. The highest BCUT2D eigenvalue weighted by Gasteiger charge is 2.15. The zero-order valence-electron chi connectivity index (χ0n) is 11.7. The summed E-state index contributed by atoms with van der Waals surface area (Å²) in [5.74, 6) is 0.260. The molecular formula is C15H14N4O2. The molecule has 6 heteroatoms. The first kappa shape index (κ1) is 13.2. The number of aromatic nitrogens is 3. The van der Waals surface area contributed by atoms with E-state index in [2.05, 4.69) is 25.0 Å². The molecule has 0 aliphatic heterocycles. The van der Waals surface area contributed by atoms with Crippen molar-refractivity contribution in [2.45, 2.75) is 19.9 Å². The molecule has 0 aliphatic carbocycles.